The molecule has 0 aromatic heterocycles. The summed E-state index contributed by atoms with van der Waals surface area (Å²) in [5.74, 6) is -1.68. The van der Waals surface area contributed by atoms with Crippen LogP contribution in [0.25, 0.3) is 0 Å². The van der Waals surface area contributed by atoms with E-state index in [0.29, 0.717) is 0 Å². The molecule has 0 fully saturated rings. The lowest BCUT2D eigenvalue weighted by Gasteiger charge is -2.09. The van der Waals surface area contributed by atoms with Crippen LogP contribution in [0, 0.1) is 18.6 Å². The first-order valence-corrected chi connectivity index (χ1v) is 4.88. The van der Waals surface area contributed by atoms with E-state index in [4.69, 9.17) is 0 Å². The van der Waals surface area contributed by atoms with Crippen molar-refractivity contribution in [3.8, 4) is 0 Å². The van der Waals surface area contributed by atoms with Crippen LogP contribution in [0.3, 0.4) is 0 Å². The van der Waals surface area contributed by atoms with E-state index in [9.17, 15) is 13.6 Å². The second kappa shape index (κ2) is 4.61. The van der Waals surface area contributed by atoms with E-state index < -0.39 is 22.8 Å². The van der Waals surface area contributed by atoms with Crippen LogP contribution in [0.15, 0.2) is 12.1 Å². The van der Waals surface area contributed by atoms with Gasteiger partial charge in [-0.2, -0.15) is 12.6 Å². The molecule has 1 N–H and O–H groups in total. The molecule has 0 aliphatic carbocycles. The molecule has 1 amide bonds. The van der Waals surface area contributed by atoms with Crippen molar-refractivity contribution in [1.29, 1.82) is 0 Å². The average molecular weight is 231 g/mol. The lowest BCUT2D eigenvalue weighted by Crippen LogP contribution is -2.21. The first-order chi connectivity index (χ1) is 6.91. The number of hydrogen-bond acceptors (Lipinski definition) is 2. The highest BCUT2D eigenvalue weighted by molar-refractivity contribution is 7.81. The Morgan fingerprint density at radius 1 is 1.40 bits per heavy atom. The van der Waals surface area contributed by atoms with Gasteiger partial charge in [0.1, 0.15) is 11.6 Å². The third kappa shape index (κ3) is 2.92. The van der Waals surface area contributed by atoms with Crippen LogP contribution in [0.4, 0.5) is 14.5 Å². The van der Waals surface area contributed by atoms with E-state index in [1.807, 2.05) is 0 Å². The fraction of sp³-hybridized carbons (Fsp3) is 0.300. The van der Waals surface area contributed by atoms with Gasteiger partial charge in [-0.3, -0.25) is 4.79 Å². The van der Waals surface area contributed by atoms with Gasteiger partial charge in [0.05, 0.1) is 10.9 Å². The molecule has 1 rings (SSSR count). The van der Waals surface area contributed by atoms with Crippen molar-refractivity contribution in [1.82, 2.24) is 0 Å². The van der Waals surface area contributed by atoms with Gasteiger partial charge in [-0.15, -0.1) is 0 Å². The Hall–Kier alpha value is -1.10. The number of hydrogen-bond donors (Lipinski definition) is 2. The maximum atomic E-state index is 13.2. The molecule has 0 aliphatic heterocycles. The number of thiol groups is 1. The largest absolute Gasteiger partial charge is 0.323 e. The molecule has 2 nitrogen and oxygen atoms in total. The number of carbonyl (C=O) groups is 1. The Bertz CT molecular complexity index is 393. The van der Waals surface area contributed by atoms with Crippen molar-refractivity contribution in [2.75, 3.05) is 5.32 Å². The van der Waals surface area contributed by atoms with Gasteiger partial charge < -0.3 is 5.32 Å². The zero-order valence-electron chi connectivity index (χ0n) is 8.34. The fourth-order valence-corrected chi connectivity index (χ4v) is 1.04. The molecule has 0 spiro atoms. The zero-order valence-corrected chi connectivity index (χ0v) is 9.24. The molecule has 0 bridgehead atoms. The number of anilines is 1. The van der Waals surface area contributed by atoms with E-state index in [1.54, 1.807) is 6.92 Å². The van der Waals surface area contributed by atoms with Crippen LogP contribution in [-0.2, 0) is 4.79 Å². The summed E-state index contributed by atoms with van der Waals surface area (Å²) in [5, 5.41) is 1.67. The Kier molecular flexibility index (Phi) is 3.68. The maximum Gasteiger partial charge on any atom is 0.237 e. The SMILES string of the molecule is Cc1cc(F)c(NC(=O)C(C)S)cc1F. The molecule has 1 aromatic rings. The summed E-state index contributed by atoms with van der Waals surface area (Å²) >= 11 is 3.88. The van der Waals surface area contributed by atoms with E-state index in [0.717, 1.165) is 12.1 Å². The quantitative estimate of drug-likeness (QED) is 0.752. The summed E-state index contributed by atoms with van der Waals surface area (Å²) < 4.78 is 26.3. The first kappa shape index (κ1) is 12.0. The standard InChI is InChI=1S/C10H11F2NOS/c1-5-3-8(12)9(4-7(5)11)13-10(14)6(2)15/h3-4,6,15H,1-2H3,(H,13,14). The zero-order chi connectivity index (χ0) is 11.6. The van der Waals surface area contributed by atoms with Crippen molar-refractivity contribution in [3.63, 3.8) is 0 Å². The monoisotopic (exact) mass is 231 g/mol. The molecule has 0 radical (unpaired) electrons. The van der Waals surface area contributed by atoms with Crippen LogP contribution in [0.2, 0.25) is 0 Å². The summed E-state index contributed by atoms with van der Waals surface area (Å²) in [6, 6.07) is 1.99. The number of amides is 1. The molecular weight excluding hydrogens is 220 g/mol. The highest BCUT2D eigenvalue weighted by Gasteiger charge is 2.12. The average Bonchev–Trinajstić information content (AvgIpc) is 2.13. The van der Waals surface area contributed by atoms with Crippen molar-refractivity contribution < 1.29 is 13.6 Å². The minimum Gasteiger partial charge on any atom is -0.323 e. The van der Waals surface area contributed by atoms with E-state index in [1.165, 1.54) is 6.92 Å². The molecule has 0 saturated heterocycles. The van der Waals surface area contributed by atoms with Gasteiger partial charge in [0.25, 0.3) is 0 Å². The number of rotatable bonds is 2. The van der Waals surface area contributed by atoms with Gasteiger partial charge in [0.2, 0.25) is 5.91 Å². The molecular formula is C10H11F2NOS. The van der Waals surface area contributed by atoms with Crippen LogP contribution < -0.4 is 5.32 Å². The molecule has 1 aromatic carbocycles. The van der Waals surface area contributed by atoms with Crippen molar-refractivity contribution in [2.24, 2.45) is 0 Å². The van der Waals surface area contributed by atoms with E-state index in [2.05, 4.69) is 17.9 Å². The van der Waals surface area contributed by atoms with Crippen molar-refractivity contribution >= 4 is 24.2 Å². The Labute approximate surface area is 92.1 Å². The molecule has 0 saturated carbocycles. The van der Waals surface area contributed by atoms with Gasteiger partial charge in [0.15, 0.2) is 0 Å². The third-order valence-corrected chi connectivity index (χ3v) is 2.12. The minimum atomic E-state index is -0.656. The molecule has 0 aliphatic rings. The number of carbonyl (C=O) groups excluding carboxylic acids is 1. The molecule has 82 valence electrons. The normalized spacial score (nSPS) is 12.3. The predicted molar refractivity (Wildman–Crippen MR) is 58.2 cm³/mol. The Morgan fingerprint density at radius 2 is 2.00 bits per heavy atom. The van der Waals surface area contributed by atoms with Crippen LogP contribution >= 0.6 is 12.6 Å². The fourth-order valence-electron chi connectivity index (χ4n) is 0.979. The summed E-state index contributed by atoms with van der Waals surface area (Å²) in [7, 11) is 0. The highest BCUT2D eigenvalue weighted by atomic mass is 32.1. The first-order valence-electron chi connectivity index (χ1n) is 4.36. The molecule has 0 heterocycles. The smallest absolute Gasteiger partial charge is 0.237 e. The predicted octanol–water partition coefficient (Wildman–Crippen LogP) is 2.53. The summed E-state index contributed by atoms with van der Waals surface area (Å²) in [4.78, 5) is 11.2. The lowest BCUT2D eigenvalue weighted by molar-refractivity contribution is -0.115. The van der Waals surface area contributed by atoms with Gasteiger partial charge in [-0.1, -0.05) is 0 Å². The van der Waals surface area contributed by atoms with Crippen molar-refractivity contribution in [3.05, 3.63) is 29.3 Å². The second-order valence-electron chi connectivity index (χ2n) is 3.25. The van der Waals surface area contributed by atoms with Crippen molar-refractivity contribution in [2.45, 2.75) is 19.1 Å². The Morgan fingerprint density at radius 3 is 2.53 bits per heavy atom. The minimum absolute atomic E-state index is 0.163. The Balaban J connectivity index is 2.96. The van der Waals surface area contributed by atoms with E-state index >= 15 is 0 Å². The van der Waals surface area contributed by atoms with Gasteiger partial charge in [-0.05, 0) is 25.5 Å². The van der Waals surface area contributed by atoms with Crippen LogP contribution in [0.1, 0.15) is 12.5 Å². The summed E-state index contributed by atoms with van der Waals surface area (Å²) in [5.41, 5.74) is 0.0356. The molecule has 1 unspecified atom stereocenters. The summed E-state index contributed by atoms with van der Waals surface area (Å²) in [6.45, 7) is 2.99. The van der Waals surface area contributed by atoms with Gasteiger partial charge >= 0.3 is 0 Å². The molecule has 15 heavy (non-hydrogen) atoms. The van der Waals surface area contributed by atoms with Gasteiger partial charge in [0, 0.05) is 6.07 Å². The highest BCUT2D eigenvalue weighted by Crippen LogP contribution is 2.19. The summed E-state index contributed by atoms with van der Waals surface area (Å²) in [6.07, 6.45) is 0. The number of halogens is 2. The molecule has 1 atom stereocenters. The van der Waals surface area contributed by atoms with Crippen LogP contribution in [0.5, 0.6) is 0 Å². The maximum absolute atomic E-state index is 13.2. The van der Waals surface area contributed by atoms with Crippen LogP contribution in [-0.4, -0.2) is 11.2 Å². The number of benzene rings is 1. The lowest BCUT2D eigenvalue weighted by atomic mass is 10.2. The topological polar surface area (TPSA) is 29.1 Å². The van der Waals surface area contributed by atoms with E-state index in [-0.39, 0.29) is 11.3 Å². The molecule has 5 heteroatoms. The van der Waals surface area contributed by atoms with Gasteiger partial charge in [-0.25, -0.2) is 8.78 Å². The second-order valence-corrected chi connectivity index (χ2v) is 4.02. The number of nitrogens with one attached hydrogen (secondary N) is 1. The number of aryl methyl sites for hydroxylation is 1. The third-order valence-electron chi connectivity index (χ3n) is 1.89.